The molecule has 112 valence electrons. The standard InChI is InChI=1S/C14H24N4OS/c1-3-13-15-14(20-16-13)18(8-11-4-5-11)10-12-9-17(2)6-7-19-12/h11-12H,3-10H2,1-2H3/t12-/m1/s1. The minimum absolute atomic E-state index is 0.293. The van der Waals surface area contributed by atoms with Crippen molar-refractivity contribution >= 4 is 16.7 Å². The Balaban J connectivity index is 1.65. The van der Waals surface area contributed by atoms with Crippen LogP contribution in [0.25, 0.3) is 0 Å². The summed E-state index contributed by atoms with van der Waals surface area (Å²) in [5, 5.41) is 1.07. The summed E-state index contributed by atoms with van der Waals surface area (Å²) < 4.78 is 10.3. The molecule has 0 unspecified atom stereocenters. The summed E-state index contributed by atoms with van der Waals surface area (Å²) >= 11 is 1.54. The van der Waals surface area contributed by atoms with E-state index in [0.29, 0.717) is 6.10 Å². The topological polar surface area (TPSA) is 41.5 Å². The minimum atomic E-state index is 0.293. The molecule has 2 aliphatic rings. The normalized spacial score (nSPS) is 24.0. The van der Waals surface area contributed by atoms with Crippen LogP contribution in [-0.4, -0.2) is 60.2 Å². The zero-order chi connectivity index (χ0) is 13.9. The number of anilines is 1. The van der Waals surface area contributed by atoms with Crippen molar-refractivity contribution in [1.29, 1.82) is 0 Å². The van der Waals surface area contributed by atoms with Crippen molar-refractivity contribution in [2.24, 2.45) is 5.92 Å². The Morgan fingerprint density at radius 1 is 1.40 bits per heavy atom. The first-order chi connectivity index (χ1) is 9.74. The predicted octanol–water partition coefficient (Wildman–Crippen LogP) is 1.65. The highest BCUT2D eigenvalue weighted by molar-refractivity contribution is 7.09. The van der Waals surface area contributed by atoms with E-state index in [1.807, 2.05) is 0 Å². The van der Waals surface area contributed by atoms with E-state index in [1.165, 1.54) is 24.4 Å². The number of ether oxygens (including phenoxy) is 1. The average Bonchev–Trinajstić information content (AvgIpc) is 3.12. The Morgan fingerprint density at radius 2 is 2.25 bits per heavy atom. The summed E-state index contributed by atoms with van der Waals surface area (Å²) in [5.74, 6) is 1.82. The van der Waals surface area contributed by atoms with Crippen LogP contribution in [0, 0.1) is 5.92 Å². The first-order valence-corrected chi connectivity index (χ1v) is 8.39. The van der Waals surface area contributed by atoms with Gasteiger partial charge in [-0.15, -0.1) is 0 Å². The molecular weight excluding hydrogens is 272 g/mol. The maximum Gasteiger partial charge on any atom is 0.205 e. The van der Waals surface area contributed by atoms with Crippen LogP contribution in [0.5, 0.6) is 0 Å². The third-order valence-electron chi connectivity index (χ3n) is 3.99. The molecule has 0 N–H and O–H groups in total. The van der Waals surface area contributed by atoms with Gasteiger partial charge < -0.3 is 14.5 Å². The molecule has 6 heteroatoms. The highest BCUT2D eigenvalue weighted by atomic mass is 32.1. The van der Waals surface area contributed by atoms with E-state index in [4.69, 9.17) is 4.74 Å². The van der Waals surface area contributed by atoms with E-state index in [9.17, 15) is 0 Å². The number of rotatable bonds is 6. The molecule has 1 aliphatic heterocycles. The molecule has 1 aliphatic carbocycles. The van der Waals surface area contributed by atoms with Crippen molar-refractivity contribution < 1.29 is 4.74 Å². The van der Waals surface area contributed by atoms with Gasteiger partial charge in [-0.25, -0.2) is 4.98 Å². The van der Waals surface area contributed by atoms with Gasteiger partial charge in [0, 0.05) is 44.1 Å². The van der Waals surface area contributed by atoms with Crippen LogP contribution < -0.4 is 4.90 Å². The summed E-state index contributed by atoms with van der Waals surface area (Å²) in [7, 11) is 2.17. The van der Waals surface area contributed by atoms with Crippen molar-refractivity contribution in [3.63, 3.8) is 0 Å². The van der Waals surface area contributed by atoms with Gasteiger partial charge in [0.15, 0.2) is 0 Å². The van der Waals surface area contributed by atoms with Crippen LogP contribution in [0.1, 0.15) is 25.6 Å². The fourth-order valence-corrected chi connectivity index (χ4v) is 3.35. The van der Waals surface area contributed by atoms with Crippen molar-refractivity contribution in [2.75, 3.05) is 44.7 Å². The van der Waals surface area contributed by atoms with E-state index in [0.717, 1.165) is 56.1 Å². The number of hydrogen-bond acceptors (Lipinski definition) is 6. The summed E-state index contributed by atoms with van der Waals surface area (Å²) in [6.07, 6.45) is 3.93. The Labute approximate surface area is 125 Å². The molecule has 20 heavy (non-hydrogen) atoms. The van der Waals surface area contributed by atoms with Crippen LogP contribution >= 0.6 is 11.5 Å². The molecule has 2 heterocycles. The maximum absolute atomic E-state index is 5.91. The Hall–Kier alpha value is -0.720. The molecule has 0 spiro atoms. The molecule has 1 aromatic rings. The average molecular weight is 296 g/mol. The first kappa shape index (κ1) is 14.2. The number of morpholine rings is 1. The lowest BCUT2D eigenvalue weighted by atomic mass is 10.2. The lowest BCUT2D eigenvalue weighted by Crippen LogP contribution is -2.46. The lowest BCUT2D eigenvalue weighted by molar-refractivity contribution is -0.0148. The molecule has 1 saturated carbocycles. The Kier molecular flexibility index (Phi) is 4.53. The summed E-state index contributed by atoms with van der Waals surface area (Å²) in [6.45, 7) is 7.06. The Morgan fingerprint density at radius 3 is 2.90 bits per heavy atom. The van der Waals surface area contributed by atoms with E-state index in [2.05, 4.69) is 33.1 Å². The SMILES string of the molecule is CCc1nsc(N(CC2CC2)C[C@H]2CN(C)CCO2)n1. The monoisotopic (exact) mass is 296 g/mol. The van der Waals surface area contributed by atoms with Gasteiger partial charge in [-0.05, 0) is 25.8 Å². The highest BCUT2D eigenvalue weighted by Crippen LogP contribution is 2.32. The van der Waals surface area contributed by atoms with Crippen molar-refractivity contribution in [1.82, 2.24) is 14.3 Å². The molecule has 5 nitrogen and oxygen atoms in total. The number of likely N-dealkylation sites (N-methyl/N-ethyl adjacent to an activating group) is 1. The quantitative estimate of drug-likeness (QED) is 0.798. The zero-order valence-corrected chi connectivity index (χ0v) is 13.2. The van der Waals surface area contributed by atoms with Gasteiger partial charge in [-0.1, -0.05) is 6.92 Å². The second kappa shape index (κ2) is 6.37. The van der Waals surface area contributed by atoms with Crippen LogP contribution in [0.15, 0.2) is 0 Å². The van der Waals surface area contributed by atoms with Crippen LogP contribution in [-0.2, 0) is 11.2 Å². The van der Waals surface area contributed by atoms with Crippen molar-refractivity contribution in [2.45, 2.75) is 32.3 Å². The number of nitrogens with zero attached hydrogens (tertiary/aromatic N) is 4. The molecule has 2 fully saturated rings. The number of aryl methyl sites for hydroxylation is 1. The number of hydrogen-bond donors (Lipinski definition) is 0. The molecule has 3 rings (SSSR count). The molecule has 1 saturated heterocycles. The summed E-state index contributed by atoms with van der Waals surface area (Å²) in [6, 6.07) is 0. The maximum atomic E-state index is 5.91. The van der Waals surface area contributed by atoms with Gasteiger partial charge in [-0.2, -0.15) is 4.37 Å². The van der Waals surface area contributed by atoms with E-state index in [1.54, 1.807) is 0 Å². The van der Waals surface area contributed by atoms with E-state index < -0.39 is 0 Å². The third-order valence-corrected chi connectivity index (χ3v) is 4.80. The molecule has 0 aromatic carbocycles. The van der Waals surface area contributed by atoms with Gasteiger partial charge in [-0.3, -0.25) is 0 Å². The van der Waals surface area contributed by atoms with Gasteiger partial charge in [0.2, 0.25) is 5.13 Å². The van der Waals surface area contributed by atoms with E-state index in [-0.39, 0.29) is 0 Å². The second-order valence-corrected chi connectivity index (χ2v) is 6.68. The van der Waals surface area contributed by atoms with E-state index >= 15 is 0 Å². The van der Waals surface area contributed by atoms with Crippen LogP contribution in [0.3, 0.4) is 0 Å². The van der Waals surface area contributed by atoms with Crippen LogP contribution in [0.4, 0.5) is 5.13 Å². The van der Waals surface area contributed by atoms with Gasteiger partial charge in [0.05, 0.1) is 12.7 Å². The second-order valence-electron chi connectivity index (χ2n) is 5.95. The fourth-order valence-electron chi connectivity index (χ4n) is 2.58. The molecule has 0 bridgehead atoms. The highest BCUT2D eigenvalue weighted by Gasteiger charge is 2.28. The van der Waals surface area contributed by atoms with Crippen molar-refractivity contribution in [3.8, 4) is 0 Å². The van der Waals surface area contributed by atoms with Gasteiger partial charge in [0.1, 0.15) is 5.82 Å². The lowest BCUT2D eigenvalue weighted by Gasteiger charge is -2.33. The third kappa shape index (κ3) is 3.68. The summed E-state index contributed by atoms with van der Waals surface area (Å²) in [5.41, 5.74) is 0. The summed E-state index contributed by atoms with van der Waals surface area (Å²) in [4.78, 5) is 9.41. The molecule has 0 amide bonds. The molecule has 0 radical (unpaired) electrons. The smallest absolute Gasteiger partial charge is 0.205 e. The largest absolute Gasteiger partial charge is 0.374 e. The zero-order valence-electron chi connectivity index (χ0n) is 12.4. The first-order valence-electron chi connectivity index (χ1n) is 7.62. The van der Waals surface area contributed by atoms with Crippen LogP contribution in [0.2, 0.25) is 0 Å². The van der Waals surface area contributed by atoms with Crippen molar-refractivity contribution in [3.05, 3.63) is 5.82 Å². The number of aromatic nitrogens is 2. The molecule has 1 atom stereocenters. The van der Waals surface area contributed by atoms with Gasteiger partial charge >= 0.3 is 0 Å². The minimum Gasteiger partial charge on any atom is -0.374 e. The predicted molar refractivity (Wildman–Crippen MR) is 81.5 cm³/mol. The molecular formula is C14H24N4OS. The molecule has 1 aromatic heterocycles. The Bertz CT molecular complexity index is 435. The van der Waals surface area contributed by atoms with Gasteiger partial charge in [0.25, 0.3) is 0 Å². The fraction of sp³-hybridized carbons (Fsp3) is 0.857.